The van der Waals surface area contributed by atoms with Gasteiger partial charge in [-0.15, -0.1) is 0 Å². The summed E-state index contributed by atoms with van der Waals surface area (Å²) in [5, 5.41) is 9.03. The van der Waals surface area contributed by atoms with Crippen molar-refractivity contribution in [3.05, 3.63) is 35.1 Å². The summed E-state index contributed by atoms with van der Waals surface area (Å²) < 4.78 is 79.5. The van der Waals surface area contributed by atoms with Gasteiger partial charge in [0.1, 0.15) is 5.82 Å². The molecule has 4 nitrogen and oxygen atoms in total. The molecule has 17 heavy (non-hydrogen) atoms. The number of aliphatic hydroxyl groups excluding tert-OH is 1. The number of aliphatic hydroxyl groups is 1. The summed E-state index contributed by atoms with van der Waals surface area (Å²) in [4.78, 5) is 0. The van der Waals surface area contributed by atoms with Crippen LogP contribution in [0.3, 0.4) is 0 Å². The summed E-state index contributed by atoms with van der Waals surface area (Å²) >= 11 is 0. The van der Waals surface area contributed by atoms with E-state index in [0.29, 0.717) is 12.1 Å². The molecule has 2 N–H and O–H groups in total. The smallest absolute Gasteiger partial charge is 0.371 e. The molecule has 0 amide bonds. The van der Waals surface area contributed by atoms with E-state index < -0.39 is 38.7 Å². The van der Waals surface area contributed by atoms with Crippen molar-refractivity contribution in [2.75, 3.05) is 0 Å². The second-order valence-corrected chi connectivity index (χ2v) is 4.57. The van der Waals surface area contributed by atoms with Gasteiger partial charge in [-0.25, -0.2) is 4.39 Å². The van der Waals surface area contributed by atoms with E-state index in [-0.39, 0.29) is 6.07 Å². The number of hydrogen-bond donors (Lipinski definition) is 2. The number of hydrogen-bond acceptors (Lipinski definition) is 3. The molecule has 0 aliphatic carbocycles. The first-order chi connectivity index (χ1) is 7.53. The third-order valence-corrected chi connectivity index (χ3v) is 2.69. The van der Waals surface area contributed by atoms with Crippen LogP contribution < -0.4 is 0 Å². The predicted molar refractivity (Wildman–Crippen MR) is 47.9 cm³/mol. The maximum Gasteiger partial charge on any atom is 0.416 e. The van der Waals surface area contributed by atoms with E-state index in [2.05, 4.69) is 0 Å². The molecule has 0 radical (unpaired) electrons. The Labute approximate surface area is 93.2 Å². The van der Waals surface area contributed by atoms with Crippen LogP contribution in [0.4, 0.5) is 17.6 Å². The largest absolute Gasteiger partial charge is 0.416 e. The first-order valence-corrected chi connectivity index (χ1v) is 5.55. The van der Waals surface area contributed by atoms with Gasteiger partial charge < -0.3 is 5.11 Å². The summed E-state index contributed by atoms with van der Waals surface area (Å²) in [5.74, 6) is -1.25. The van der Waals surface area contributed by atoms with E-state index in [0.717, 1.165) is 0 Å². The normalized spacial score (nSPS) is 14.7. The van der Waals surface area contributed by atoms with Gasteiger partial charge in [-0.3, -0.25) is 4.55 Å². The molecular weight excluding hydrogens is 268 g/mol. The van der Waals surface area contributed by atoms with Crippen LogP contribution in [-0.4, -0.2) is 18.1 Å². The van der Waals surface area contributed by atoms with Crippen LogP contribution in [0, 0.1) is 5.82 Å². The quantitative estimate of drug-likeness (QED) is 0.636. The summed E-state index contributed by atoms with van der Waals surface area (Å²) in [7, 11) is -5.12. The van der Waals surface area contributed by atoms with Crippen molar-refractivity contribution in [2.24, 2.45) is 0 Å². The van der Waals surface area contributed by atoms with Gasteiger partial charge in [0.05, 0.1) is 5.56 Å². The minimum absolute atomic E-state index is 0.0315. The second kappa shape index (κ2) is 4.24. The van der Waals surface area contributed by atoms with E-state index in [1.54, 1.807) is 0 Å². The number of halogens is 4. The average molecular weight is 274 g/mol. The molecule has 1 aromatic rings. The molecule has 1 rings (SSSR count). The van der Waals surface area contributed by atoms with Crippen LogP contribution in [0.25, 0.3) is 0 Å². The molecule has 0 saturated carbocycles. The van der Waals surface area contributed by atoms with Crippen LogP contribution in [-0.2, 0) is 16.3 Å². The third-order valence-electron chi connectivity index (χ3n) is 1.87. The molecule has 0 spiro atoms. The molecule has 0 fully saturated rings. The fourth-order valence-electron chi connectivity index (χ4n) is 1.15. The highest BCUT2D eigenvalue weighted by molar-refractivity contribution is 7.85. The summed E-state index contributed by atoms with van der Waals surface area (Å²) in [6.07, 6.45) is -5.05. The lowest BCUT2D eigenvalue weighted by Gasteiger charge is -2.15. The SMILES string of the molecule is O=S(=O)(O)C(O)c1ccc(F)cc1C(F)(F)F. The molecular formula is C8H6F4O4S. The minimum atomic E-state index is -5.12. The van der Waals surface area contributed by atoms with Crippen LogP contribution in [0.5, 0.6) is 0 Å². The Morgan fingerprint density at radius 1 is 1.24 bits per heavy atom. The maximum absolute atomic E-state index is 12.6. The maximum atomic E-state index is 12.6. The average Bonchev–Trinajstić information content (AvgIpc) is 2.14. The molecule has 0 bridgehead atoms. The van der Waals surface area contributed by atoms with Crippen LogP contribution in [0.2, 0.25) is 0 Å². The molecule has 0 aliphatic rings. The molecule has 0 aliphatic heterocycles. The van der Waals surface area contributed by atoms with Gasteiger partial charge in [-0.05, 0) is 12.1 Å². The highest BCUT2D eigenvalue weighted by Crippen LogP contribution is 2.36. The third kappa shape index (κ3) is 3.14. The van der Waals surface area contributed by atoms with Gasteiger partial charge in [-0.2, -0.15) is 21.6 Å². The van der Waals surface area contributed by atoms with Gasteiger partial charge in [-0.1, -0.05) is 6.07 Å². The van der Waals surface area contributed by atoms with Gasteiger partial charge in [0, 0.05) is 5.56 Å². The van der Waals surface area contributed by atoms with E-state index in [1.165, 1.54) is 0 Å². The predicted octanol–water partition coefficient (Wildman–Crippen LogP) is 1.72. The molecule has 1 unspecified atom stereocenters. The van der Waals surface area contributed by atoms with Crippen molar-refractivity contribution in [2.45, 2.75) is 11.6 Å². The monoisotopic (exact) mass is 274 g/mol. The van der Waals surface area contributed by atoms with Crippen molar-refractivity contribution in [1.82, 2.24) is 0 Å². The van der Waals surface area contributed by atoms with E-state index in [9.17, 15) is 26.0 Å². The number of rotatable bonds is 2. The molecule has 9 heteroatoms. The number of alkyl halides is 3. The zero-order chi connectivity index (χ0) is 13.4. The van der Waals surface area contributed by atoms with Gasteiger partial charge in [0.15, 0.2) is 0 Å². The zero-order valence-electron chi connectivity index (χ0n) is 7.94. The topological polar surface area (TPSA) is 74.6 Å². The van der Waals surface area contributed by atoms with Crippen molar-refractivity contribution in [1.29, 1.82) is 0 Å². The minimum Gasteiger partial charge on any atom is -0.371 e. The molecule has 1 atom stereocenters. The van der Waals surface area contributed by atoms with Crippen molar-refractivity contribution in [3.63, 3.8) is 0 Å². The molecule has 96 valence electrons. The summed E-state index contributed by atoms with van der Waals surface area (Å²) in [5.41, 5.74) is -5.58. The molecule has 0 aromatic heterocycles. The summed E-state index contributed by atoms with van der Waals surface area (Å²) in [6, 6.07) is 1.01. The Balaban J connectivity index is 3.45. The Hall–Kier alpha value is -1.19. The molecule has 0 saturated heterocycles. The first kappa shape index (κ1) is 13.9. The molecule has 0 heterocycles. The Morgan fingerprint density at radius 2 is 1.76 bits per heavy atom. The number of benzene rings is 1. The van der Waals surface area contributed by atoms with Crippen LogP contribution >= 0.6 is 0 Å². The second-order valence-electron chi connectivity index (χ2n) is 3.10. The van der Waals surface area contributed by atoms with E-state index in [4.69, 9.17) is 9.66 Å². The Bertz CT molecular complexity index is 523. The van der Waals surface area contributed by atoms with E-state index in [1.807, 2.05) is 0 Å². The zero-order valence-corrected chi connectivity index (χ0v) is 8.76. The van der Waals surface area contributed by atoms with Gasteiger partial charge in [0.2, 0.25) is 5.44 Å². The van der Waals surface area contributed by atoms with E-state index >= 15 is 0 Å². The summed E-state index contributed by atoms with van der Waals surface area (Å²) in [6.45, 7) is 0. The lowest BCUT2D eigenvalue weighted by molar-refractivity contribution is -0.139. The first-order valence-electron chi connectivity index (χ1n) is 4.04. The highest BCUT2D eigenvalue weighted by atomic mass is 32.2. The fraction of sp³-hybridized carbons (Fsp3) is 0.250. The van der Waals surface area contributed by atoms with Crippen molar-refractivity contribution >= 4 is 10.1 Å². The lowest BCUT2D eigenvalue weighted by atomic mass is 10.1. The standard InChI is InChI=1S/C8H6F4O4S/c9-4-1-2-5(7(13)17(14,15)16)6(3-4)8(10,11)12/h1-3,7,13H,(H,14,15,16). The molecule has 1 aromatic carbocycles. The van der Waals surface area contributed by atoms with Gasteiger partial charge in [0.25, 0.3) is 10.1 Å². The Kier molecular flexibility index (Phi) is 3.46. The van der Waals surface area contributed by atoms with Gasteiger partial charge >= 0.3 is 6.18 Å². The lowest BCUT2D eigenvalue weighted by Crippen LogP contribution is -2.18. The highest BCUT2D eigenvalue weighted by Gasteiger charge is 2.38. The van der Waals surface area contributed by atoms with Crippen LogP contribution in [0.15, 0.2) is 18.2 Å². The Morgan fingerprint density at radius 3 is 2.18 bits per heavy atom. The van der Waals surface area contributed by atoms with Crippen molar-refractivity contribution < 1.29 is 35.6 Å². The van der Waals surface area contributed by atoms with Crippen molar-refractivity contribution in [3.8, 4) is 0 Å². The fourth-order valence-corrected chi connectivity index (χ4v) is 1.68. The van der Waals surface area contributed by atoms with Crippen LogP contribution in [0.1, 0.15) is 16.6 Å².